The van der Waals surface area contributed by atoms with Crippen LogP contribution in [-0.2, 0) is 0 Å². The third kappa shape index (κ3) is 1.92. The first kappa shape index (κ1) is 12.0. The molecule has 0 saturated carbocycles. The second-order valence-corrected chi connectivity index (χ2v) is 4.04. The van der Waals surface area contributed by atoms with Crippen molar-refractivity contribution in [1.29, 1.82) is 0 Å². The van der Waals surface area contributed by atoms with Crippen LogP contribution in [0.25, 0.3) is 5.65 Å². The zero-order valence-corrected chi connectivity index (χ0v) is 10.6. The van der Waals surface area contributed by atoms with Gasteiger partial charge in [0.25, 0.3) is 0 Å². The van der Waals surface area contributed by atoms with Gasteiger partial charge in [0.15, 0.2) is 5.82 Å². The smallest absolute Gasteiger partial charge is 0.226 e. The van der Waals surface area contributed by atoms with Gasteiger partial charge in [0.1, 0.15) is 11.5 Å². The molecule has 0 spiro atoms. The summed E-state index contributed by atoms with van der Waals surface area (Å²) in [6.45, 7) is 0. The summed E-state index contributed by atoms with van der Waals surface area (Å²) in [7, 11) is 1.53. The van der Waals surface area contributed by atoms with Gasteiger partial charge in [-0.2, -0.15) is 0 Å². The number of aromatic nitrogens is 4. The van der Waals surface area contributed by atoms with E-state index in [4.69, 9.17) is 10.5 Å². The van der Waals surface area contributed by atoms with Crippen molar-refractivity contribution in [3.05, 3.63) is 30.6 Å². The average Bonchev–Trinajstić information content (AvgIpc) is 2.84. The van der Waals surface area contributed by atoms with E-state index in [9.17, 15) is 5.11 Å². The lowest BCUT2D eigenvalue weighted by Crippen LogP contribution is -2.00. The van der Waals surface area contributed by atoms with Gasteiger partial charge in [0.05, 0.1) is 12.8 Å². The minimum absolute atomic E-state index is 0.0423. The number of ether oxygens (including phenoxy) is 1. The van der Waals surface area contributed by atoms with Crippen LogP contribution in [0.5, 0.6) is 11.5 Å². The van der Waals surface area contributed by atoms with Gasteiger partial charge in [0.2, 0.25) is 11.6 Å². The van der Waals surface area contributed by atoms with Gasteiger partial charge in [-0.1, -0.05) is 0 Å². The lowest BCUT2D eigenvalue weighted by molar-refractivity contribution is 0.408. The normalized spacial score (nSPS) is 10.7. The highest BCUT2D eigenvalue weighted by atomic mass is 16.5. The molecular formula is C12H12N6O2. The standard InChI is InChI=1S/C12H12N6O2/c1-20-7-2-3-8(9(19)6-7)15-10-11-16-17-12(13)18(11)5-4-14-10/h2-6,19H,1H3,(H2,13,17)(H,14,15). The van der Waals surface area contributed by atoms with Crippen molar-refractivity contribution >= 4 is 23.1 Å². The molecule has 8 nitrogen and oxygen atoms in total. The Hall–Kier alpha value is -3.03. The van der Waals surface area contributed by atoms with Crippen molar-refractivity contribution in [3.63, 3.8) is 0 Å². The molecule has 0 aliphatic heterocycles. The maximum absolute atomic E-state index is 9.92. The zero-order valence-electron chi connectivity index (χ0n) is 10.6. The van der Waals surface area contributed by atoms with E-state index >= 15 is 0 Å². The number of anilines is 3. The topological polar surface area (TPSA) is 111 Å². The van der Waals surface area contributed by atoms with Crippen molar-refractivity contribution in [2.24, 2.45) is 0 Å². The Kier molecular flexibility index (Phi) is 2.75. The quantitative estimate of drug-likeness (QED) is 0.613. The SMILES string of the molecule is COc1ccc(Nc2nccn3c(N)nnc23)c(O)c1. The van der Waals surface area contributed by atoms with E-state index in [1.165, 1.54) is 13.2 Å². The Bertz CT molecular complexity index is 770. The molecule has 8 heteroatoms. The van der Waals surface area contributed by atoms with Crippen LogP contribution in [0.1, 0.15) is 0 Å². The first-order valence-electron chi connectivity index (χ1n) is 5.78. The van der Waals surface area contributed by atoms with Gasteiger partial charge in [-0.25, -0.2) is 4.98 Å². The zero-order chi connectivity index (χ0) is 14.1. The van der Waals surface area contributed by atoms with Crippen LogP contribution >= 0.6 is 0 Å². The maximum atomic E-state index is 9.92. The number of benzene rings is 1. The molecule has 20 heavy (non-hydrogen) atoms. The van der Waals surface area contributed by atoms with Crippen LogP contribution in [0.2, 0.25) is 0 Å². The lowest BCUT2D eigenvalue weighted by atomic mass is 10.2. The van der Waals surface area contributed by atoms with Crippen molar-refractivity contribution in [1.82, 2.24) is 19.6 Å². The van der Waals surface area contributed by atoms with E-state index in [1.807, 2.05) is 0 Å². The van der Waals surface area contributed by atoms with E-state index in [-0.39, 0.29) is 11.7 Å². The molecule has 3 aromatic rings. The van der Waals surface area contributed by atoms with E-state index in [0.29, 0.717) is 22.9 Å². The molecule has 2 heterocycles. The average molecular weight is 272 g/mol. The summed E-state index contributed by atoms with van der Waals surface area (Å²) in [5, 5.41) is 20.6. The summed E-state index contributed by atoms with van der Waals surface area (Å²) in [5.74, 6) is 1.31. The molecule has 0 unspecified atom stereocenters. The van der Waals surface area contributed by atoms with Crippen LogP contribution < -0.4 is 15.8 Å². The Morgan fingerprint density at radius 3 is 2.95 bits per heavy atom. The highest BCUT2D eigenvalue weighted by Crippen LogP contribution is 2.30. The molecule has 0 amide bonds. The van der Waals surface area contributed by atoms with Gasteiger partial charge in [-0.3, -0.25) is 4.40 Å². The lowest BCUT2D eigenvalue weighted by Gasteiger charge is -2.09. The molecule has 0 bridgehead atoms. The fourth-order valence-corrected chi connectivity index (χ4v) is 1.80. The first-order chi connectivity index (χ1) is 9.69. The molecule has 4 N–H and O–H groups in total. The van der Waals surface area contributed by atoms with E-state index in [2.05, 4.69) is 20.5 Å². The van der Waals surface area contributed by atoms with Crippen LogP contribution in [-0.4, -0.2) is 31.8 Å². The van der Waals surface area contributed by atoms with Crippen LogP contribution in [0, 0.1) is 0 Å². The summed E-state index contributed by atoms with van der Waals surface area (Å²) in [6.07, 6.45) is 3.22. The number of nitrogens with zero attached hydrogens (tertiary/aromatic N) is 4. The molecule has 0 saturated heterocycles. The van der Waals surface area contributed by atoms with Gasteiger partial charge in [-0.05, 0) is 12.1 Å². The fourth-order valence-electron chi connectivity index (χ4n) is 1.80. The number of hydrogen-bond acceptors (Lipinski definition) is 7. The number of nitrogens with two attached hydrogens (primary N) is 1. The predicted octanol–water partition coefficient (Wildman–Crippen LogP) is 1.16. The van der Waals surface area contributed by atoms with Crippen molar-refractivity contribution in [2.45, 2.75) is 0 Å². The number of nitrogen functional groups attached to an aromatic ring is 1. The Balaban J connectivity index is 2.01. The van der Waals surface area contributed by atoms with E-state index in [1.54, 1.807) is 28.9 Å². The number of aromatic hydroxyl groups is 1. The minimum Gasteiger partial charge on any atom is -0.506 e. The highest BCUT2D eigenvalue weighted by molar-refractivity contribution is 5.73. The molecule has 102 valence electrons. The fraction of sp³-hybridized carbons (Fsp3) is 0.0833. The summed E-state index contributed by atoms with van der Waals surface area (Å²) in [5.41, 5.74) is 6.63. The summed E-state index contributed by atoms with van der Waals surface area (Å²) in [6, 6.07) is 4.90. The number of methoxy groups -OCH3 is 1. The first-order valence-corrected chi connectivity index (χ1v) is 5.78. The van der Waals surface area contributed by atoms with Gasteiger partial charge in [0, 0.05) is 18.5 Å². The number of phenolic OH excluding ortho intramolecular Hbond substituents is 1. The minimum atomic E-state index is 0.0423. The summed E-state index contributed by atoms with van der Waals surface area (Å²) >= 11 is 0. The number of nitrogens with one attached hydrogen (secondary N) is 1. The summed E-state index contributed by atoms with van der Waals surface area (Å²) in [4.78, 5) is 4.17. The van der Waals surface area contributed by atoms with E-state index in [0.717, 1.165) is 0 Å². The molecular weight excluding hydrogens is 260 g/mol. The molecule has 3 rings (SSSR count). The molecule has 0 fully saturated rings. The Labute approximate surface area is 113 Å². The predicted molar refractivity (Wildman–Crippen MR) is 73.1 cm³/mol. The number of rotatable bonds is 3. The molecule has 0 radical (unpaired) electrons. The van der Waals surface area contributed by atoms with Crippen LogP contribution in [0.3, 0.4) is 0 Å². The maximum Gasteiger partial charge on any atom is 0.226 e. The number of hydrogen-bond donors (Lipinski definition) is 3. The highest BCUT2D eigenvalue weighted by Gasteiger charge is 2.10. The monoisotopic (exact) mass is 272 g/mol. The number of phenols is 1. The molecule has 2 aromatic heterocycles. The molecule has 1 aromatic carbocycles. The van der Waals surface area contributed by atoms with Crippen molar-refractivity contribution in [3.8, 4) is 11.5 Å². The molecule has 0 aliphatic rings. The van der Waals surface area contributed by atoms with Crippen molar-refractivity contribution in [2.75, 3.05) is 18.2 Å². The third-order valence-corrected chi connectivity index (χ3v) is 2.81. The Morgan fingerprint density at radius 2 is 2.20 bits per heavy atom. The van der Waals surface area contributed by atoms with Gasteiger partial charge < -0.3 is 20.9 Å². The van der Waals surface area contributed by atoms with Crippen LogP contribution in [0.15, 0.2) is 30.6 Å². The molecule has 0 aliphatic carbocycles. The Morgan fingerprint density at radius 1 is 1.35 bits per heavy atom. The van der Waals surface area contributed by atoms with Crippen molar-refractivity contribution < 1.29 is 9.84 Å². The second kappa shape index (κ2) is 4.57. The number of fused-ring (bicyclic) bond motifs is 1. The van der Waals surface area contributed by atoms with Gasteiger partial charge >= 0.3 is 0 Å². The second-order valence-electron chi connectivity index (χ2n) is 4.04. The summed E-state index contributed by atoms with van der Waals surface area (Å²) < 4.78 is 6.62. The third-order valence-electron chi connectivity index (χ3n) is 2.81. The molecule has 0 atom stereocenters. The van der Waals surface area contributed by atoms with E-state index < -0.39 is 0 Å². The largest absolute Gasteiger partial charge is 0.506 e. The van der Waals surface area contributed by atoms with Gasteiger partial charge in [-0.15, -0.1) is 10.2 Å². The van der Waals surface area contributed by atoms with Crippen LogP contribution in [0.4, 0.5) is 17.5 Å².